The fraction of sp³-hybridized carbons (Fsp3) is 0.286. The number of benzene rings is 1. The first-order valence-corrected chi connectivity index (χ1v) is 5.25. The Hall–Kier alpha value is -1.31. The third kappa shape index (κ3) is 3.59. The predicted molar refractivity (Wildman–Crippen MR) is 66.5 cm³/mol. The van der Waals surface area contributed by atoms with Gasteiger partial charge in [0.05, 0.1) is 0 Å². The van der Waals surface area contributed by atoms with E-state index in [9.17, 15) is 4.79 Å². The van der Waals surface area contributed by atoms with Gasteiger partial charge in [-0.2, -0.15) is 18.1 Å². The fourth-order valence-electron chi connectivity index (χ4n) is 2.04. The number of hydrogen-bond acceptors (Lipinski definition) is 2. The summed E-state index contributed by atoms with van der Waals surface area (Å²) in [6, 6.07) is 8.05. The van der Waals surface area contributed by atoms with E-state index >= 15 is 0 Å². The van der Waals surface area contributed by atoms with Gasteiger partial charge < -0.3 is 24.0 Å². The van der Waals surface area contributed by atoms with Crippen LogP contribution in [0.4, 0.5) is 0 Å². The molecule has 18 heavy (non-hydrogen) atoms. The molecule has 93 valence electrons. The van der Waals surface area contributed by atoms with Gasteiger partial charge in [0.1, 0.15) is 0 Å². The molecule has 0 saturated heterocycles. The van der Waals surface area contributed by atoms with Gasteiger partial charge in [-0.1, -0.05) is 13.0 Å². The van der Waals surface area contributed by atoms with E-state index in [1.54, 1.807) is 0 Å². The van der Waals surface area contributed by atoms with Crippen LogP contribution in [0.5, 0.6) is 0 Å². The quantitative estimate of drug-likeness (QED) is 0.508. The molecule has 0 aromatic heterocycles. The van der Waals surface area contributed by atoms with Gasteiger partial charge in [-0.25, -0.2) is 0 Å². The number of rotatable bonds is 2. The molecule has 1 atom stereocenters. The minimum absolute atomic E-state index is 0. The smallest absolute Gasteiger partial charge is 0.0133 e. The second-order valence-electron chi connectivity index (χ2n) is 3.84. The van der Waals surface area contributed by atoms with Crippen LogP contribution in [0.1, 0.15) is 18.1 Å². The summed E-state index contributed by atoms with van der Waals surface area (Å²) in [4.78, 5) is 13.5. The zero-order valence-corrected chi connectivity index (χ0v) is 20.5. The molecule has 0 spiro atoms. The number of fused-ring (bicyclic) bond motifs is 1. The van der Waals surface area contributed by atoms with Crippen LogP contribution < -0.4 is 0 Å². The largest absolute Gasteiger partial charge is 0.358 e. The van der Waals surface area contributed by atoms with Gasteiger partial charge in [0.15, 0.2) is 0 Å². The average molecular weight is 572 g/mol. The number of carbonyl (C=O) groups excluding carboxylic acids is 1. The molecule has 1 aliphatic heterocycles. The van der Waals surface area contributed by atoms with E-state index in [-0.39, 0.29) is 52.0 Å². The van der Waals surface area contributed by atoms with Crippen molar-refractivity contribution in [1.82, 2.24) is 4.90 Å². The maximum absolute atomic E-state index is 11.4. The van der Waals surface area contributed by atoms with Crippen molar-refractivity contribution in [2.24, 2.45) is 0 Å². The van der Waals surface area contributed by atoms with Crippen LogP contribution in [0.15, 0.2) is 24.3 Å². The Morgan fingerprint density at radius 3 is 2.67 bits per heavy atom. The zero-order valence-electron chi connectivity index (χ0n) is 11.2. The van der Waals surface area contributed by atoms with E-state index in [1.165, 1.54) is 11.1 Å². The maximum Gasteiger partial charge on any atom is 0.0133 e. The number of ketones is 1. The van der Waals surface area contributed by atoms with Crippen LogP contribution in [0.3, 0.4) is 0 Å². The third-order valence-electron chi connectivity index (χ3n) is 2.90. The van der Waals surface area contributed by atoms with Crippen LogP contribution in [0.2, 0.25) is 0 Å². The number of carbonyl (C=O) groups is 1. The van der Waals surface area contributed by atoms with Gasteiger partial charge >= 0.3 is 0 Å². The molecular formula is C14H18NORfY-3. The van der Waals surface area contributed by atoms with Crippen molar-refractivity contribution in [2.45, 2.75) is 19.5 Å². The Morgan fingerprint density at radius 1 is 1.50 bits per heavy atom. The van der Waals surface area contributed by atoms with Crippen molar-refractivity contribution >= 4 is 5.78 Å². The molecule has 1 aliphatic rings. The second kappa shape index (κ2) is 7.91. The molecule has 1 unspecified atom stereocenters. The van der Waals surface area contributed by atoms with Crippen LogP contribution in [-0.4, -0.2) is 23.3 Å². The number of likely N-dealkylation sites (N-methyl/N-ethyl adjacent to an activating group) is 1. The van der Waals surface area contributed by atoms with E-state index in [2.05, 4.69) is 30.9 Å². The van der Waals surface area contributed by atoms with Gasteiger partial charge in [-0.05, 0) is 13.1 Å². The van der Waals surface area contributed by atoms with Crippen molar-refractivity contribution in [2.75, 3.05) is 6.54 Å². The van der Waals surface area contributed by atoms with E-state index in [0.717, 1.165) is 13.1 Å². The van der Waals surface area contributed by atoms with Crippen LogP contribution in [0.25, 0.3) is 0 Å². The fourth-order valence-corrected chi connectivity index (χ4v) is 2.04. The molecule has 0 aliphatic carbocycles. The van der Waals surface area contributed by atoms with Crippen LogP contribution in [0, 0.1) is 20.8 Å². The Balaban J connectivity index is 0. The van der Waals surface area contributed by atoms with Gasteiger partial charge in [-0.3, -0.25) is 0 Å². The average Bonchev–Trinajstić information content (AvgIpc) is 2.27. The van der Waals surface area contributed by atoms with Crippen molar-refractivity contribution in [3.63, 3.8) is 0 Å². The molecule has 4 heteroatoms. The molecule has 1 aromatic carbocycles. The summed E-state index contributed by atoms with van der Waals surface area (Å²) in [7, 11) is 0. The van der Waals surface area contributed by atoms with Crippen molar-refractivity contribution in [3.8, 4) is 0 Å². The molecule has 2 nitrogen and oxygen atoms in total. The van der Waals surface area contributed by atoms with Crippen LogP contribution in [-0.2, 0) is 44.0 Å². The van der Waals surface area contributed by atoms with Crippen LogP contribution >= 0.6 is 0 Å². The van der Waals surface area contributed by atoms with E-state index < -0.39 is 0 Å². The topological polar surface area (TPSA) is 20.3 Å². The number of hydrogen-bond donors (Lipinski definition) is 0. The maximum atomic E-state index is 11.4. The first-order valence-electron chi connectivity index (χ1n) is 5.25. The van der Waals surface area contributed by atoms with E-state index in [0.29, 0.717) is 0 Å². The summed E-state index contributed by atoms with van der Waals surface area (Å²) >= 11 is 0. The molecule has 2 rings (SSSR count). The molecule has 0 fully saturated rings. The Bertz CT molecular complexity index is 384. The zero-order chi connectivity index (χ0) is 10.8. The van der Waals surface area contributed by atoms with Crippen molar-refractivity contribution in [3.05, 3.63) is 56.2 Å². The molecule has 1 aromatic rings. The molecule has 0 saturated carbocycles. The van der Waals surface area contributed by atoms with Crippen molar-refractivity contribution < 1.29 is 37.5 Å². The minimum Gasteiger partial charge on any atom is -0.358 e. The summed E-state index contributed by atoms with van der Waals surface area (Å²) < 4.78 is 0. The first-order chi connectivity index (χ1) is 7.22. The van der Waals surface area contributed by atoms with Gasteiger partial charge in [0.2, 0.25) is 0 Å². The first kappa shape index (κ1) is 19.0. The SMILES string of the molecule is [CH2-]C(=O)C1[CH-]c2ccccc2CN1CC.[CH3-].[Rf].[Y]. The Kier molecular flexibility index (Phi) is 8.37. The number of Topliss-reactive ketones (excluding diaryl/α,β-unsaturated/α-hetero) is 1. The summed E-state index contributed by atoms with van der Waals surface area (Å²) in [5, 5.41) is 0. The summed E-state index contributed by atoms with van der Waals surface area (Å²) in [5.41, 5.74) is 2.46. The molecule has 0 amide bonds. The number of nitrogens with zero attached hydrogens (tertiary/aromatic N) is 1. The molecule has 1 radical (unpaired) electrons. The minimum atomic E-state index is -0.148. The molecular weight excluding hydrogens is 554 g/mol. The summed E-state index contributed by atoms with van der Waals surface area (Å²) in [5.74, 6) is -0.0219. The standard InChI is InChI=1S/C13H15NO.CH3.Rf.Y/c1-3-14-9-12-7-5-4-6-11(12)8-13(14)10(2)15;;;/h4-8,13H,2-3,9H2,1H3;1H3;;/q-2;-1;;. The predicted octanol–water partition coefficient (Wildman–Crippen LogP) is 2.29. The van der Waals surface area contributed by atoms with Gasteiger partial charge in [0.25, 0.3) is 0 Å². The van der Waals surface area contributed by atoms with E-state index in [4.69, 9.17) is 0 Å². The molecule has 0 bridgehead atoms. The Labute approximate surface area is 130 Å². The summed E-state index contributed by atoms with van der Waals surface area (Å²) in [6.45, 7) is 7.30. The molecule has 0 N–H and O–H groups in total. The van der Waals surface area contributed by atoms with E-state index in [1.807, 2.05) is 18.6 Å². The third-order valence-corrected chi connectivity index (χ3v) is 2.90. The Morgan fingerprint density at radius 2 is 2.11 bits per heavy atom. The van der Waals surface area contributed by atoms with Gasteiger partial charge in [0, 0.05) is 44.5 Å². The molecule has 1 heterocycles. The second-order valence-corrected chi connectivity index (χ2v) is 3.84. The summed E-state index contributed by atoms with van der Waals surface area (Å²) in [6.07, 6.45) is 2.01. The normalized spacial score (nSPS) is 17.1. The monoisotopic (exact) mass is 572 g/mol. The van der Waals surface area contributed by atoms with Gasteiger partial charge in [-0.15, -0.1) is 17.7 Å². The van der Waals surface area contributed by atoms with Crippen molar-refractivity contribution in [1.29, 1.82) is 0 Å².